The number of benzene rings is 2. The molecule has 2 aromatic rings. The molecule has 0 aliphatic carbocycles. The van der Waals surface area contributed by atoms with Crippen LogP contribution < -0.4 is 10.1 Å². The number of hydrogen-bond acceptors (Lipinski definition) is 4. The van der Waals surface area contributed by atoms with Crippen molar-refractivity contribution in [1.82, 2.24) is 5.32 Å². The molecule has 1 amide bonds. The molecule has 0 aliphatic heterocycles. The number of ether oxygens (including phenoxy) is 2. The predicted octanol–water partition coefficient (Wildman–Crippen LogP) is 3.18. The van der Waals surface area contributed by atoms with E-state index in [1.165, 1.54) is 7.11 Å². The highest BCUT2D eigenvalue weighted by Gasteiger charge is 2.02. The first kappa shape index (κ1) is 18.1. The SMILES string of the molecule is COc1ccc(C#CCCNC(=O)OCc2ccccc2)cc1C=O. The van der Waals surface area contributed by atoms with E-state index in [4.69, 9.17) is 9.47 Å². The van der Waals surface area contributed by atoms with Crippen LogP contribution in [0.25, 0.3) is 0 Å². The molecular formula is C20H19NO4. The second-order valence-corrected chi connectivity index (χ2v) is 5.11. The van der Waals surface area contributed by atoms with Gasteiger partial charge in [-0.1, -0.05) is 42.2 Å². The Morgan fingerprint density at radius 3 is 2.72 bits per heavy atom. The molecule has 5 nitrogen and oxygen atoms in total. The Labute approximate surface area is 147 Å². The summed E-state index contributed by atoms with van der Waals surface area (Å²) in [5.41, 5.74) is 2.11. The molecule has 0 atom stereocenters. The quantitative estimate of drug-likeness (QED) is 0.499. The maximum atomic E-state index is 11.6. The van der Waals surface area contributed by atoms with Crippen LogP contribution in [0.3, 0.4) is 0 Å². The van der Waals surface area contributed by atoms with Crippen LogP contribution in [0.5, 0.6) is 5.75 Å². The molecule has 0 bridgehead atoms. The lowest BCUT2D eigenvalue weighted by molar-refractivity contribution is 0.112. The largest absolute Gasteiger partial charge is 0.496 e. The number of amides is 1. The smallest absolute Gasteiger partial charge is 0.407 e. The van der Waals surface area contributed by atoms with Crippen molar-refractivity contribution in [3.05, 3.63) is 65.2 Å². The fraction of sp³-hybridized carbons (Fsp3) is 0.200. The lowest BCUT2D eigenvalue weighted by Gasteiger charge is -2.05. The van der Waals surface area contributed by atoms with Crippen molar-refractivity contribution in [1.29, 1.82) is 0 Å². The molecule has 2 aromatic carbocycles. The number of rotatable bonds is 6. The zero-order valence-electron chi connectivity index (χ0n) is 14.0. The predicted molar refractivity (Wildman–Crippen MR) is 94.5 cm³/mol. The highest BCUT2D eigenvalue weighted by molar-refractivity contribution is 5.80. The van der Waals surface area contributed by atoms with Gasteiger partial charge in [0, 0.05) is 18.5 Å². The minimum Gasteiger partial charge on any atom is -0.496 e. The molecule has 0 aliphatic rings. The molecule has 0 fully saturated rings. The first-order valence-corrected chi connectivity index (χ1v) is 7.79. The Hall–Kier alpha value is -3.26. The maximum Gasteiger partial charge on any atom is 0.407 e. The molecule has 0 unspecified atom stereocenters. The second-order valence-electron chi connectivity index (χ2n) is 5.11. The van der Waals surface area contributed by atoms with Crippen molar-refractivity contribution in [2.75, 3.05) is 13.7 Å². The van der Waals surface area contributed by atoms with Crippen molar-refractivity contribution in [2.45, 2.75) is 13.0 Å². The molecule has 0 radical (unpaired) electrons. The molecule has 25 heavy (non-hydrogen) atoms. The summed E-state index contributed by atoms with van der Waals surface area (Å²) in [5.74, 6) is 6.41. The van der Waals surface area contributed by atoms with Crippen molar-refractivity contribution in [3.8, 4) is 17.6 Å². The summed E-state index contributed by atoms with van der Waals surface area (Å²) in [6, 6.07) is 14.6. The number of carbonyl (C=O) groups excluding carboxylic acids is 2. The first-order chi connectivity index (χ1) is 12.2. The molecule has 0 saturated carbocycles. The summed E-state index contributed by atoms with van der Waals surface area (Å²) in [4.78, 5) is 22.5. The Morgan fingerprint density at radius 2 is 2.00 bits per heavy atom. The number of alkyl carbamates (subject to hydrolysis) is 1. The van der Waals surface area contributed by atoms with E-state index in [-0.39, 0.29) is 6.61 Å². The van der Waals surface area contributed by atoms with Gasteiger partial charge in [-0.15, -0.1) is 0 Å². The zero-order chi connectivity index (χ0) is 17.9. The lowest BCUT2D eigenvalue weighted by Crippen LogP contribution is -2.24. The molecular weight excluding hydrogens is 318 g/mol. The van der Waals surface area contributed by atoms with Gasteiger partial charge in [-0.3, -0.25) is 4.79 Å². The normalized spacial score (nSPS) is 9.48. The van der Waals surface area contributed by atoms with E-state index in [9.17, 15) is 9.59 Å². The minimum atomic E-state index is -0.474. The number of aldehydes is 1. The highest BCUT2D eigenvalue weighted by atomic mass is 16.5. The Bertz CT molecular complexity index is 775. The van der Waals surface area contributed by atoms with Gasteiger partial charge >= 0.3 is 6.09 Å². The lowest BCUT2D eigenvalue weighted by atomic mass is 10.1. The van der Waals surface area contributed by atoms with E-state index < -0.39 is 6.09 Å². The van der Waals surface area contributed by atoms with Crippen LogP contribution >= 0.6 is 0 Å². The monoisotopic (exact) mass is 337 g/mol. The first-order valence-electron chi connectivity index (χ1n) is 7.79. The van der Waals surface area contributed by atoms with E-state index in [0.29, 0.717) is 24.3 Å². The zero-order valence-corrected chi connectivity index (χ0v) is 14.0. The summed E-state index contributed by atoms with van der Waals surface area (Å²) in [6.07, 6.45) is 0.732. The Balaban J connectivity index is 1.73. The molecule has 0 heterocycles. The van der Waals surface area contributed by atoms with Gasteiger partial charge in [-0.2, -0.15) is 0 Å². The van der Waals surface area contributed by atoms with E-state index >= 15 is 0 Å². The van der Waals surface area contributed by atoms with E-state index in [1.54, 1.807) is 18.2 Å². The van der Waals surface area contributed by atoms with Gasteiger partial charge in [0.25, 0.3) is 0 Å². The van der Waals surface area contributed by atoms with E-state index in [0.717, 1.165) is 17.4 Å². The second kappa shape index (κ2) is 9.78. The third kappa shape index (κ3) is 6.04. The third-order valence-electron chi connectivity index (χ3n) is 3.32. The van der Waals surface area contributed by atoms with E-state index in [2.05, 4.69) is 17.2 Å². The van der Waals surface area contributed by atoms with Gasteiger partial charge in [-0.25, -0.2) is 4.79 Å². The highest BCUT2D eigenvalue weighted by Crippen LogP contribution is 2.17. The summed E-state index contributed by atoms with van der Waals surface area (Å²) in [7, 11) is 1.51. The topological polar surface area (TPSA) is 64.6 Å². The molecule has 128 valence electrons. The summed E-state index contributed by atoms with van der Waals surface area (Å²) in [5, 5.41) is 2.64. The van der Waals surface area contributed by atoms with Crippen LogP contribution in [0.2, 0.25) is 0 Å². The van der Waals surface area contributed by atoms with Crippen LogP contribution in [0, 0.1) is 11.8 Å². The summed E-state index contributed by atoms with van der Waals surface area (Å²) >= 11 is 0. The molecule has 2 rings (SSSR count). The maximum absolute atomic E-state index is 11.6. The van der Waals surface area contributed by atoms with Gasteiger partial charge in [-0.05, 0) is 23.8 Å². The Morgan fingerprint density at radius 1 is 1.20 bits per heavy atom. The van der Waals surface area contributed by atoms with Crippen LogP contribution in [-0.2, 0) is 11.3 Å². The fourth-order valence-electron chi connectivity index (χ4n) is 2.07. The summed E-state index contributed by atoms with van der Waals surface area (Å²) < 4.78 is 10.2. The van der Waals surface area contributed by atoms with Crippen molar-refractivity contribution < 1.29 is 19.1 Å². The van der Waals surface area contributed by atoms with Crippen molar-refractivity contribution >= 4 is 12.4 Å². The molecule has 0 saturated heterocycles. The average Bonchev–Trinajstić information content (AvgIpc) is 2.66. The van der Waals surface area contributed by atoms with E-state index in [1.807, 2.05) is 30.3 Å². The number of nitrogens with one attached hydrogen (secondary N) is 1. The van der Waals surface area contributed by atoms with Crippen LogP contribution in [0.4, 0.5) is 4.79 Å². The molecule has 1 N–H and O–H groups in total. The molecule has 0 aromatic heterocycles. The number of methoxy groups -OCH3 is 1. The Kier molecular flexibility index (Phi) is 7.08. The van der Waals surface area contributed by atoms with Crippen LogP contribution in [0.1, 0.15) is 27.9 Å². The van der Waals surface area contributed by atoms with Gasteiger partial charge in [0.15, 0.2) is 6.29 Å². The molecule has 0 spiro atoms. The van der Waals surface area contributed by atoms with Crippen LogP contribution in [-0.4, -0.2) is 26.0 Å². The minimum absolute atomic E-state index is 0.235. The van der Waals surface area contributed by atoms with Crippen molar-refractivity contribution in [3.63, 3.8) is 0 Å². The third-order valence-corrected chi connectivity index (χ3v) is 3.32. The molecule has 5 heteroatoms. The average molecular weight is 337 g/mol. The van der Waals surface area contributed by atoms with Gasteiger partial charge < -0.3 is 14.8 Å². The van der Waals surface area contributed by atoms with Gasteiger partial charge in [0.1, 0.15) is 12.4 Å². The fourth-order valence-corrected chi connectivity index (χ4v) is 2.07. The standard InChI is InChI=1S/C20H19NO4/c1-24-19-11-10-16(13-18(19)14-22)7-5-6-12-21-20(23)25-15-17-8-3-2-4-9-17/h2-4,8-11,13-14H,6,12,15H2,1H3,(H,21,23). The summed E-state index contributed by atoms with van der Waals surface area (Å²) in [6.45, 7) is 0.621. The van der Waals surface area contributed by atoms with Crippen LogP contribution in [0.15, 0.2) is 48.5 Å². The van der Waals surface area contributed by atoms with Gasteiger partial charge in [0.05, 0.1) is 12.7 Å². The number of hydrogen-bond donors (Lipinski definition) is 1. The van der Waals surface area contributed by atoms with Crippen molar-refractivity contribution in [2.24, 2.45) is 0 Å². The van der Waals surface area contributed by atoms with Gasteiger partial charge in [0.2, 0.25) is 0 Å². The number of carbonyl (C=O) groups is 2.